The highest BCUT2D eigenvalue weighted by atomic mass is 31.2. The lowest BCUT2D eigenvalue weighted by atomic mass is 9.96. The number of benzene rings is 2. The number of piperidine rings is 1. The Hall–Kier alpha value is -2.41. The minimum absolute atomic E-state index is 0.0245. The number of nitriles is 2. The lowest BCUT2D eigenvalue weighted by Gasteiger charge is -2.41. The average Bonchev–Trinajstić information content (AvgIpc) is 3.03. The monoisotopic (exact) mass is 439 g/mol. The molecule has 0 amide bonds. The van der Waals surface area contributed by atoms with Crippen molar-refractivity contribution in [3.05, 3.63) is 42.0 Å². The van der Waals surface area contributed by atoms with Gasteiger partial charge < -0.3 is 4.90 Å². The normalized spacial score (nSPS) is 24.5. The van der Waals surface area contributed by atoms with E-state index in [9.17, 15) is 9.83 Å². The standard InChI is InChI=1S/C23H26N3O4P/c1-2-28-31(27,29-13-5-12-24)30-20-14-18-9-10-19(15-20)26(18)23-11-8-17(16-25)21-6-3-4-7-22(21)23/h3-4,6-8,11,18-20H,2,5,9-10,13-15H2,1H3/t18-,19+,20?,31?. The van der Waals surface area contributed by atoms with Crippen molar-refractivity contribution < 1.29 is 18.1 Å². The van der Waals surface area contributed by atoms with E-state index < -0.39 is 7.82 Å². The van der Waals surface area contributed by atoms with Crippen LogP contribution in [0.25, 0.3) is 10.8 Å². The Morgan fingerprint density at radius 2 is 1.77 bits per heavy atom. The molecule has 2 fully saturated rings. The third kappa shape index (κ3) is 4.47. The predicted octanol–water partition coefficient (Wildman–Crippen LogP) is 5.30. The van der Waals surface area contributed by atoms with E-state index in [1.807, 2.05) is 36.4 Å². The van der Waals surface area contributed by atoms with E-state index in [1.165, 1.54) is 0 Å². The van der Waals surface area contributed by atoms with Gasteiger partial charge in [0.25, 0.3) is 0 Å². The van der Waals surface area contributed by atoms with Gasteiger partial charge >= 0.3 is 7.82 Å². The summed E-state index contributed by atoms with van der Waals surface area (Å²) < 4.78 is 29.5. The van der Waals surface area contributed by atoms with Crippen LogP contribution in [0, 0.1) is 22.7 Å². The first kappa shape index (κ1) is 21.8. The van der Waals surface area contributed by atoms with Gasteiger partial charge in [-0.3, -0.25) is 13.6 Å². The van der Waals surface area contributed by atoms with Crippen LogP contribution in [-0.2, 0) is 18.1 Å². The van der Waals surface area contributed by atoms with E-state index in [2.05, 4.69) is 17.0 Å². The number of hydrogen-bond acceptors (Lipinski definition) is 7. The van der Waals surface area contributed by atoms with Gasteiger partial charge in [0.1, 0.15) is 0 Å². The molecule has 2 saturated heterocycles. The molecule has 2 bridgehead atoms. The molecule has 2 aliphatic rings. The number of hydrogen-bond donors (Lipinski definition) is 0. The summed E-state index contributed by atoms with van der Waals surface area (Å²) in [5.74, 6) is 0. The van der Waals surface area contributed by atoms with Crippen LogP contribution in [0.5, 0.6) is 0 Å². The zero-order valence-electron chi connectivity index (χ0n) is 17.6. The minimum atomic E-state index is -3.69. The maximum absolute atomic E-state index is 13.0. The maximum Gasteiger partial charge on any atom is 0.475 e. The van der Waals surface area contributed by atoms with Gasteiger partial charge in [0.15, 0.2) is 0 Å². The molecule has 4 rings (SSSR count). The van der Waals surface area contributed by atoms with Gasteiger partial charge in [-0.1, -0.05) is 24.3 Å². The molecule has 31 heavy (non-hydrogen) atoms. The highest BCUT2D eigenvalue weighted by Crippen LogP contribution is 2.53. The minimum Gasteiger partial charge on any atom is -0.365 e. The topological polar surface area (TPSA) is 95.6 Å². The molecular formula is C23H26N3O4P. The fraction of sp³-hybridized carbons (Fsp3) is 0.478. The molecule has 0 aromatic heterocycles. The lowest BCUT2D eigenvalue weighted by Crippen LogP contribution is -2.45. The molecule has 2 aromatic rings. The summed E-state index contributed by atoms with van der Waals surface area (Å²) in [6.45, 7) is 1.98. The first-order valence-electron chi connectivity index (χ1n) is 10.7. The van der Waals surface area contributed by atoms with Crippen molar-refractivity contribution >= 4 is 24.3 Å². The van der Waals surface area contributed by atoms with Crippen LogP contribution in [0.15, 0.2) is 36.4 Å². The van der Waals surface area contributed by atoms with Crippen molar-refractivity contribution in [1.82, 2.24) is 0 Å². The van der Waals surface area contributed by atoms with Crippen molar-refractivity contribution in [2.24, 2.45) is 0 Å². The van der Waals surface area contributed by atoms with Crippen LogP contribution in [0.3, 0.4) is 0 Å². The van der Waals surface area contributed by atoms with Crippen molar-refractivity contribution in [2.45, 2.75) is 57.2 Å². The molecule has 2 aromatic carbocycles. The number of nitrogens with zero attached hydrogens (tertiary/aromatic N) is 3. The first-order valence-corrected chi connectivity index (χ1v) is 12.2. The molecule has 2 unspecified atom stereocenters. The Balaban J connectivity index is 1.54. The molecular weight excluding hydrogens is 413 g/mol. The van der Waals surface area contributed by atoms with E-state index in [4.69, 9.17) is 18.8 Å². The molecule has 8 heteroatoms. The van der Waals surface area contributed by atoms with E-state index in [-0.39, 0.29) is 37.8 Å². The number of rotatable bonds is 8. The average molecular weight is 439 g/mol. The second-order valence-corrected chi connectivity index (χ2v) is 9.51. The quantitative estimate of drug-likeness (QED) is 0.407. The summed E-state index contributed by atoms with van der Waals surface area (Å²) in [5, 5.41) is 20.2. The van der Waals surface area contributed by atoms with Gasteiger partial charge in [-0.25, -0.2) is 4.57 Å². The van der Waals surface area contributed by atoms with Crippen LogP contribution in [0.2, 0.25) is 0 Å². The summed E-state index contributed by atoms with van der Waals surface area (Å²) in [4.78, 5) is 2.45. The third-order valence-corrected chi connectivity index (χ3v) is 7.65. The summed E-state index contributed by atoms with van der Waals surface area (Å²) in [6.07, 6.45) is 3.43. The first-order chi connectivity index (χ1) is 15.1. The smallest absolute Gasteiger partial charge is 0.365 e. The van der Waals surface area contributed by atoms with Gasteiger partial charge in [-0.2, -0.15) is 10.5 Å². The summed E-state index contributed by atoms with van der Waals surface area (Å²) >= 11 is 0. The SMILES string of the molecule is CCOP(=O)(OCCC#N)OC1C[C@H]2CC[C@@H](C1)N2c1ccc(C#N)c2ccccc12. The molecule has 2 aliphatic heterocycles. The fourth-order valence-corrected chi connectivity index (χ4v) is 6.22. The lowest BCUT2D eigenvalue weighted by molar-refractivity contribution is 0.0635. The Labute approximate surface area is 182 Å². The number of anilines is 1. The second-order valence-electron chi connectivity index (χ2n) is 7.89. The molecule has 0 spiro atoms. The summed E-state index contributed by atoms with van der Waals surface area (Å²) in [5.41, 5.74) is 1.82. The van der Waals surface area contributed by atoms with Gasteiger partial charge in [-0.05, 0) is 44.7 Å². The molecule has 0 radical (unpaired) electrons. The molecule has 0 N–H and O–H groups in total. The van der Waals surface area contributed by atoms with E-state index in [1.54, 1.807) is 6.92 Å². The van der Waals surface area contributed by atoms with Crippen LogP contribution in [0.1, 0.15) is 44.6 Å². The van der Waals surface area contributed by atoms with E-state index >= 15 is 0 Å². The van der Waals surface area contributed by atoms with Gasteiger partial charge in [0.2, 0.25) is 0 Å². The van der Waals surface area contributed by atoms with Crippen LogP contribution < -0.4 is 4.90 Å². The van der Waals surface area contributed by atoms with Crippen molar-refractivity contribution in [1.29, 1.82) is 10.5 Å². The Morgan fingerprint density at radius 1 is 1.06 bits per heavy atom. The summed E-state index contributed by atoms with van der Waals surface area (Å²) in [7, 11) is -3.69. The highest BCUT2D eigenvalue weighted by molar-refractivity contribution is 7.48. The van der Waals surface area contributed by atoms with E-state index in [0.717, 1.165) is 42.1 Å². The molecule has 4 atom stereocenters. The molecule has 2 heterocycles. The van der Waals surface area contributed by atoms with Gasteiger partial charge in [-0.15, -0.1) is 0 Å². The van der Waals surface area contributed by atoms with Crippen molar-refractivity contribution in [2.75, 3.05) is 18.1 Å². The fourth-order valence-electron chi connectivity index (χ4n) is 4.85. The Kier molecular flexibility index (Phi) is 6.60. The molecule has 7 nitrogen and oxygen atoms in total. The maximum atomic E-state index is 13.0. The van der Waals surface area contributed by atoms with Gasteiger partial charge in [0, 0.05) is 28.5 Å². The van der Waals surface area contributed by atoms with Crippen molar-refractivity contribution in [3.63, 3.8) is 0 Å². The largest absolute Gasteiger partial charge is 0.475 e. The Morgan fingerprint density at radius 3 is 2.42 bits per heavy atom. The molecule has 0 saturated carbocycles. The zero-order valence-corrected chi connectivity index (χ0v) is 18.5. The number of fused-ring (bicyclic) bond motifs is 3. The van der Waals surface area contributed by atoms with Crippen LogP contribution >= 0.6 is 7.82 Å². The Bertz CT molecular complexity index is 1060. The van der Waals surface area contributed by atoms with Crippen molar-refractivity contribution in [3.8, 4) is 12.1 Å². The highest BCUT2D eigenvalue weighted by Gasteiger charge is 2.44. The zero-order chi connectivity index (χ0) is 21.8. The molecule has 0 aliphatic carbocycles. The third-order valence-electron chi connectivity index (χ3n) is 6.02. The van der Waals surface area contributed by atoms with Crippen LogP contribution in [-0.4, -0.2) is 31.4 Å². The number of phosphoric acid groups is 1. The summed E-state index contributed by atoms with van der Waals surface area (Å²) in [6, 6.07) is 16.7. The number of phosphoric ester groups is 1. The van der Waals surface area contributed by atoms with Crippen LogP contribution in [0.4, 0.5) is 5.69 Å². The van der Waals surface area contributed by atoms with Gasteiger partial charge in [0.05, 0.1) is 43.4 Å². The second kappa shape index (κ2) is 9.39. The van der Waals surface area contributed by atoms with E-state index in [0.29, 0.717) is 5.56 Å². The predicted molar refractivity (Wildman–Crippen MR) is 117 cm³/mol. The molecule has 162 valence electrons.